The van der Waals surface area contributed by atoms with Crippen LogP contribution >= 0.6 is 0 Å². The summed E-state index contributed by atoms with van der Waals surface area (Å²) in [5.41, 5.74) is 1.26. The second kappa shape index (κ2) is 14.5. The fourth-order valence-corrected chi connectivity index (χ4v) is 1.78. The minimum Gasteiger partial charge on any atom is -0.264 e. The molecule has 0 bridgehead atoms. The molecule has 0 saturated heterocycles. The molecule has 1 heterocycles. The van der Waals surface area contributed by atoms with Gasteiger partial charge in [-0.25, -0.2) is 0 Å². The monoisotopic (exact) mass is 307 g/mol. The van der Waals surface area contributed by atoms with Gasteiger partial charge in [-0.3, -0.25) is 4.98 Å². The van der Waals surface area contributed by atoms with Gasteiger partial charge in [0.05, 0.1) is 0 Å². The van der Waals surface area contributed by atoms with Gasteiger partial charge in [-0.2, -0.15) is 0 Å². The number of benzene rings is 2. The topological polar surface area (TPSA) is 12.9 Å². The molecule has 0 N–H and O–H groups in total. The van der Waals surface area contributed by atoms with Crippen molar-refractivity contribution in [2.45, 2.75) is 34.6 Å². The molecule has 0 amide bonds. The number of hydrogen-bond donors (Lipinski definition) is 0. The van der Waals surface area contributed by atoms with Crippen LogP contribution < -0.4 is 0 Å². The number of aromatic nitrogens is 1. The van der Waals surface area contributed by atoms with Crippen molar-refractivity contribution in [1.29, 1.82) is 0 Å². The second-order valence-corrected chi connectivity index (χ2v) is 4.13. The highest BCUT2D eigenvalue weighted by Crippen LogP contribution is 2.09. The van der Waals surface area contributed by atoms with Gasteiger partial charge in [0.1, 0.15) is 0 Å². The Kier molecular flexibility index (Phi) is 13.0. The third-order valence-electron chi connectivity index (χ3n) is 2.71. The third-order valence-corrected chi connectivity index (χ3v) is 2.71. The fourth-order valence-electron chi connectivity index (χ4n) is 1.78. The second-order valence-electron chi connectivity index (χ2n) is 4.13. The van der Waals surface area contributed by atoms with Gasteiger partial charge >= 0.3 is 0 Å². The van der Waals surface area contributed by atoms with Crippen molar-refractivity contribution in [3.63, 3.8) is 0 Å². The molecule has 0 fully saturated rings. The first-order chi connectivity index (χ1) is 11.4. The molecule has 1 aromatic heterocycles. The molecular formula is C22H29N. The summed E-state index contributed by atoms with van der Waals surface area (Å²) < 4.78 is 0. The van der Waals surface area contributed by atoms with Crippen LogP contribution in [-0.2, 0) is 0 Å². The lowest BCUT2D eigenvalue weighted by Crippen LogP contribution is -1.71. The van der Waals surface area contributed by atoms with E-state index in [1.165, 1.54) is 16.3 Å². The summed E-state index contributed by atoms with van der Waals surface area (Å²) in [6, 6.07) is 20.5. The highest BCUT2D eigenvalue weighted by Gasteiger charge is 1.86. The van der Waals surface area contributed by atoms with Gasteiger partial charge in [-0.1, -0.05) is 94.4 Å². The van der Waals surface area contributed by atoms with Gasteiger partial charge in [-0.15, -0.1) is 0 Å². The first kappa shape index (κ1) is 20.6. The van der Waals surface area contributed by atoms with E-state index in [1.54, 1.807) is 0 Å². The van der Waals surface area contributed by atoms with E-state index >= 15 is 0 Å². The Hall–Kier alpha value is -2.41. The van der Waals surface area contributed by atoms with E-state index < -0.39 is 0 Å². The van der Waals surface area contributed by atoms with Crippen molar-refractivity contribution in [2.75, 3.05) is 0 Å². The Bertz CT molecular complexity index is 577. The van der Waals surface area contributed by atoms with Crippen LogP contribution in [0.5, 0.6) is 0 Å². The van der Waals surface area contributed by atoms with Crippen LogP contribution in [0.3, 0.4) is 0 Å². The molecule has 3 rings (SSSR count). The van der Waals surface area contributed by atoms with Gasteiger partial charge in [0.2, 0.25) is 0 Å². The molecule has 0 atom stereocenters. The van der Waals surface area contributed by atoms with Crippen LogP contribution in [0.25, 0.3) is 16.8 Å². The van der Waals surface area contributed by atoms with Gasteiger partial charge in [0.15, 0.2) is 0 Å². The highest BCUT2D eigenvalue weighted by atomic mass is 14.6. The van der Waals surface area contributed by atoms with Crippen LogP contribution in [0.15, 0.2) is 79.1 Å². The summed E-state index contributed by atoms with van der Waals surface area (Å²) >= 11 is 0. The average Bonchev–Trinajstić information content (AvgIpc) is 2.67. The minimum atomic E-state index is 1.20. The lowest BCUT2D eigenvalue weighted by Gasteiger charge is -1.91. The van der Waals surface area contributed by atoms with Gasteiger partial charge in [-0.05, 0) is 29.3 Å². The van der Waals surface area contributed by atoms with Crippen molar-refractivity contribution in [3.8, 4) is 0 Å². The molecule has 0 aliphatic carbocycles. The van der Waals surface area contributed by atoms with Crippen LogP contribution in [0.4, 0.5) is 0 Å². The predicted molar refractivity (Wildman–Crippen MR) is 106 cm³/mol. The normalized spacial score (nSPS) is 8.91. The molecule has 1 heteroatoms. The zero-order valence-electron chi connectivity index (χ0n) is 15.0. The number of fused-ring (bicyclic) bond motifs is 1. The molecule has 0 unspecified atom stereocenters. The van der Waals surface area contributed by atoms with Crippen LogP contribution in [0, 0.1) is 0 Å². The molecule has 3 aromatic rings. The fraction of sp³-hybridized carbons (Fsp3) is 0.227. The summed E-state index contributed by atoms with van der Waals surface area (Å²) in [6.45, 7) is 10.0. The number of nitrogens with zero attached hydrogens (tertiary/aromatic N) is 1. The van der Waals surface area contributed by atoms with Crippen molar-refractivity contribution in [2.24, 2.45) is 0 Å². The summed E-state index contributed by atoms with van der Waals surface area (Å²) in [5.74, 6) is 0. The largest absolute Gasteiger partial charge is 0.264 e. The average molecular weight is 307 g/mol. The molecule has 0 saturated carbocycles. The lowest BCUT2D eigenvalue weighted by atomic mass is 10.2. The Balaban J connectivity index is 0.000000349. The maximum absolute atomic E-state index is 4.01. The van der Waals surface area contributed by atoms with E-state index in [1.807, 2.05) is 89.5 Å². The first-order valence-electron chi connectivity index (χ1n) is 8.36. The van der Waals surface area contributed by atoms with Gasteiger partial charge in [0.25, 0.3) is 0 Å². The number of hydrogen-bond acceptors (Lipinski definition) is 1. The Morgan fingerprint density at radius 2 is 1.26 bits per heavy atom. The summed E-state index contributed by atoms with van der Waals surface area (Å²) in [6.07, 6.45) is 7.80. The van der Waals surface area contributed by atoms with E-state index in [-0.39, 0.29) is 0 Å². The van der Waals surface area contributed by atoms with Crippen LogP contribution in [-0.4, -0.2) is 4.98 Å². The third kappa shape index (κ3) is 8.57. The van der Waals surface area contributed by atoms with Crippen molar-refractivity contribution >= 4 is 16.8 Å². The quantitative estimate of drug-likeness (QED) is 0.471. The van der Waals surface area contributed by atoms with Crippen molar-refractivity contribution in [1.82, 2.24) is 4.98 Å². The summed E-state index contributed by atoms with van der Waals surface area (Å²) in [7, 11) is 0. The van der Waals surface area contributed by atoms with E-state index in [4.69, 9.17) is 0 Å². The Labute approximate surface area is 141 Å². The first-order valence-corrected chi connectivity index (χ1v) is 8.36. The smallest absolute Gasteiger partial charge is 0.0346 e. The minimum absolute atomic E-state index is 1.20. The van der Waals surface area contributed by atoms with E-state index in [0.29, 0.717) is 0 Å². The zero-order valence-corrected chi connectivity index (χ0v) is 15.0. The molecule has 0 aliphatic heterocycles. The maximum atomic E-state index is 4.01. The molecular weight excluding hydrogens is 278 g/mol. The SMILES string of the molecule is C/C=C/c1ccccc1.CC.CC.c1ccc2cnccc2c1. The number of pyridine rings is 1. The highest BCUT2D eigenvalue weighted by molar-refractivity contribution is 5.80. The number of rotatable bonds is 1. The molecule has 1 nitrogen and oxygen atoms in total. The Morgan fingerprint density at radius 3 is 1.83 bits per heavy atom. The van der Waals surface area contributed by atoms with Gasteiger partial charge < -0.3 is 0 Å². The molecule has 0 aliphatic rings. The van der Waals surface area contributed by atoms with Crippen molar-refractivity contribution < 1.29 is 0 Å². The zero-order chi connectivity index (χ0) is 17.3. The standard InChI is InChI=1S/C9H7N.C9H10.2C2H6/c1-2-4-9-7-10-6-5-8(9)3-1;1-2-6-9-7-4-3-5-8-9;2*1-2/h1-7H;2-8H,1H3;2*1-2H3/b;6-2+;;. The number of allylic oxidation sites excluding steroid dienone is 1. The molecule has 0 spiro atoms. The van der Waals surface area contributed by atoms with Crippen molar-refractivity contribution in [3.05, 3.63) is 84.7 Å². The molecule has 2 aromatic carbocycles. The maximum Gasteiger partial charge on any atom is 0.0346 e. The molecule has 122 valence electrons. The van der Waals surface area contributed by atoms with E-state index in [0.717, 1.165) is 0 Å². The van der Waals surface area contributed by atoms with E-state index in [9.17, 15) is 0 Å². The molecule has 23 heavy (non-hydrogen) atoms. The Morgan fingerprint density at radius 1 is 0.696 bits per heavy atom. The van der Waals surface area contributed by atoms with Crippen LogP contribution in [0.2, 0.25) is 0 Å². The molecule has 0 radical (unpaired) electrons. The van der Waals surface area contributed by atoms with Crippen LogP contribution in [0.1, 0.15) is 40.2 Å². The van der Waals surface area contributed by atoms with E-state index in [2.05, 4.69) is 35.3 Å². The van der Waals surface area contributed by atoms with Gasteiger partial charge in [0, 0.05) is 12.4 Å². The summed E-state index contributed by atoms with van der Waals surface area (Å²) in [4.78, 5) is 4.01. The summed E-state index contributed by atoms with van der Waals surface area (Å²) in [5, 5.41) is 2.45. The predicted octanol–water partition coefficient (Wildman–Crippen LogP) is 7.01. The lowest BCUT2D eigenvalue weighted by molar-refractivity contribution is 1.36.